The highest BCUT2D eigenvalue weighted by atomic mass is 16.2. The molecule has 1 saturated carbocycles. The number of hydrogen-bond acceptors (Lipinski definition) is 3. The van der Waals surface area contributed by atoms with Crippen molar-refractivity contribution in [1.29, 1.82) is 0 Å². The van der Waals surface area contributed by atoms with Gasteiger partial charge < -0.3 is 16.0 Å². The number of piperidine rings is 1. The summed E-state index contributed by atoms with van der Waals surface area (Å²) in [4.78, 5) is 15.0. The van der Waals surface area contributed by atoms with E-state index in [9.17, 15) is 4.79 Å². The highest BCUT2D eigenvalue weighted by molar-refractivity contribution is 5.83. The van der Waals surface area contributed by atoms with Gasteiger partial charge in [-0.3, -0.25) is 4.79 Å². The molecule has 0 aromatic heterocycles. The third-order valence-corrected chi connectivity index (χ3v) is 5.69. The highest BCUT2D eigenvalue weighted by Gasteiger charge is 2.39. The van der Waals surface area contributed by atoms with E-state index < -0.39 is 0 Å². The van der Waals surface area contributed by atoms with Crippen molar-refractivity contribution in [1.82, 2.24) is 10.2 Å². The average molecular weight is 295 g/mol. The molecular weight excluding hydrogens is 262 g/mol. The predicted molar refractivity (Wildman–Crippen MR) is 87.0 cm³/mol. The van der Waals surface area contributed by atoms with Crippen LogP contribution >= 0.6 is 0 Å². The molecule has 1 amide bonds. The van der Waals surface area contributed by atoms with Gasteiger partial charge in [-0.1, -0.05) is 13.8 Å². The zero-order chi connectivity index (χ0) is 15.3. The lowest BCUT2D eigenvalue weighted by atomic mass is 9.70. The number of amides is 1. The van der Waals surface area contributed by atoms with Crippen LogP contribution in [0.5, 0.6) is 0 Å². The minimum Gasteiger partial charge on any atom is -0.354 e. The van der Waals surface area contributed by atoms with E-state index in [2.05, 4.69) is 24.1 Å². The molecule has 122 valence electrons. The fourth-order valence-corrected chi connectivity index (χ4v) is 3.64. The monoisotopic (exact) mass is 295 g/mol. The van der Waals surface area contributed by atoms with Crippen LogP contribution in [0.3, 0.4) is 0 Å². The van der Waals surface area contributed by atoms with Crippen molar-refractivity contribution in [2.24, 2.45) is 23.0 Å². The molecule has 0 aromatic carbocycles. The predicted octanol–water partition coefficient (Wildman–Crippen LogP) is 1.99. The Bertz CT molecular complexity index is 329. The second kappa shape index (κ2) is 7.59. The van der Waals surface area contributed by atoms with Crippen molar-refractivity contribution in [3.8, 4) is 0 Å². The SMILES string of the molecule is CC1CCN(CCNC(=O)C2(CN)CCC(C)CC2)CC1. The molecule has 0 spiro atoms. The molecule has 1 aliphatic carbocycles. The fourth-order valence-electron chi connectivity index (χ4n) is 3.64. The maximum Gasteiger partial charge on any atom is 0.227 e. The lowest BCUT2D eigenvalue weighted by Gasteiger charge is -2.37. The number of likely N-dealkylation sites (tertiary alicyclic amines) is 1. The number of rotatable bonds is 5. The van der Waals surface area contributed by atoms with E-state index in [4.69, 9.17) is 5.73 Å². The first-order valence-corrected chi connectivity index (χ1v) is 8.76. The van der Waals surface area contributed by atoms with E-state index in [0.717, 1.165) is 50.6 Å². The third-order valence-electron chi connectivity index (χ3n) is 5.69. The number of carbonyl (C=O) groups is 1. The first-order chi connectivity index (χ1) is 10.1. The van der Waals surface area contributed by atoms with Gasteiger partial charge in [0.1, 0.15) is 0 Å². The molecule has 1 aliphatic heterocycles. The van der Waals surface area contributed by atoms with Crippen LogP contribution in [0.25, 0.3) is 0 Å². The van der Waals surface area contributed by atoms with Gasteiger partial charge in [-0.05, 0) is 63.5 Å². The first-order valence-electron chi connectivity index (χ1n) is 8.76. The summed E-state index contributed by atoms with van der Waals surface area (Å²) in [7, 11) is 0. The Morgan fingerprint density at radius 1 is 1.14 bits per heavy atom. The Balaban J connectivity index is 1.73. The molecule has 0 unspecified atom stereocenters. The molecule has 0 bridgehead atoms. The second-order valence-electron chi connectivity index (χ2n) is 7.45. The Morgan fingerprint density at radius 3 is 2.29 bits per heavy atom. The zero-order valence-electron chi connectivity index (χ0n) is 13.9. The topological polar surface area (TPSA) is 58.4 Å². The molecule has 2 rings (SSSR count). The molecule has 0 aromatic rings. The van der Waals surface area contributed by atoms with Crippen molar-refractivity contribution in [2.45, 2.75) is 52.4 Å². The van der Waals surface area contributed by atoms with Crippen LogP contribution in [0.4, 0.5) is 0 Å². The minimum atomic E-state index is -0.289. The van der Waals surface area contributed by atoms with Gasteiger partial charge >= 0.3 is 0 Å². The van der Waals surface area contributed by atoms with Crippen LogP contribution in [0.15, 0.2) is 0 Å². The molecule has 0 radical (unpaired) electrons. The molecule has 21 heavy (non-hydrogen) atoms. The molecule has 2 fully saturated rings. The summed E-state index contributed by atoms with van der Waals surface area (Å²) in [6.07, 6.45) is 6.76. The maximum atomic E-state index is 12.5. The van der Waals surface area contributed by atoms with E-state index >= 15 is 0 Å². The van der Waals surface area contributed by atoms with Crippen molar-refractivity contribution in [2.75, 3.05) is 32.7 Å². The molecule has 4 nitrogen and oxygen atoms in total. The normalized spacial score (nSPS) is 32.0. The smallest absolute Gasteiger partial charge is 0.227 e. The lowest BCUT2D eigenvalue weighted by molar-refractivity contribution is -0.132. The Morgan fingerprint density at radius 2 is 1.71 bits per heavy atom. The first kappa shape index (κ1) is 16.8. The number of nitrogens with two attached hydrogens (primary N) is 1. The van der Waals surface area contributed by atoms with Gasteiger partial charge in [-0.2, -0.15) is 0 Å². The molecular formula is C17H33N3O. The lowest BCUT2D eigenvalue weighted by Crippen LogP contribution is -2.49. The Labute approximate surface area is 129 Å². The van der Waals surface area contributed by atoms with Crippen LogP contribution < -0.4 is 11.1 Å². The molecule has 0 atom stereocenters. The van der Waals surface area contributed by atoms with Gasteiger partial charge in [0.2, 0.25) is 5.91 Å². The van der Waals surface area contributed by atoms with Crippen molar-refractivity contribution >= 4 is 5.91 Å². The fraction of sp³-hybridized carbons (Fsp3) is 0.941. The quantitative estimate of drug-likeness (QED) is 0.815. The largest absolute Gasteiger partial charge is 0.354 e. The zero-order valence-corrected chi connectivity index (χ0v) is 13.9. The summed E-state index contributed by atoms with van der Waals surface area (Å²) >= 11 is 0. The van der Waals surface area contributed by atoms with Crippen molar-refractivity contribution in [3.63, 3.8) is 0 Å². The van der Waals surface area contributed by atoms with Crippen molar-refractivity contribution < 1.29 is 4.79 Å². The van der Waals surface area contributed by atoms with Crippen LogP contribution in [-0.4, -0.2) is 43.5 Å². The highest BCUT2D eigenvalue weighted by Crippen LogP contribution is 2.38. The molecule has 1 saturated heterocycles. The van der Waals surface area contributed by atoms with E-state index in [-0.39, 0.29) is 11.3 Å². The van der Waals surface area contributed by atoms with E-state index in [1.807, 2.05) is 0 Å². The summed E-state index contributed by atoms with van der Waals surface area (Å²) in [5, 5.41) is 3.16. The van der Waals surface area contributed by atoms with Crippen LogP contribution in [0.2, 0.25) is 0 Å². The third kappa shape index (κ3) is 4.43. The van der Waals surface area contributed by atoms with Crippen LogP contribution in [0.1, 0.15) is 52.4 Å². The Kier molecular flexibility index (Phi) is 6.06. The molecule has 2 aliphatic rings. The summed E-state index contributed by atoms with van der Waals surface area (Å²) in [6, 6.07) is 0. The molecule has 4 heteroatoms. The number of carbonyl (C=O) groups excluding carboxylic acids is 1. The number of nitrogens with one attached hydrogen (secondary N) is 1. The van der Waals surface area contributed by atoms with Gasteiger partial charge in [-0.15, -0.1) is 0 Å². The van der Waals surface area contributed by atoms with E-state index in [1.54, 1.807) is 0 Å². The molecule has 3 N–H and O–H groups in total. The average Bonchev–Trinajstić information content (AvgIpc) is 2.50. The summed E-state index contributed by atoms with van der Waals surface area (Å²) in [6.45, 7) is 9.20. The van der Waals surface area contributed by atoms with Crippen molar-refractivity contribution in [3.05, 3.63) is 0 Å². The number of hydrogen-bond donors (Lipinski definition) is 2. The summed E-state index contributed by atoms with van der Waals surface area (Å²) in [5.41, 5.74) is 5.65. The van der Waals surface area contributed by atoms with Crippen LogP contribution in [0, 0.1) is 17.3 Å². The Hall–Kier alpha value is -0.610. The molecule has 1 heterocycles. The standard InChI is InChI=1S/C17H33N3O/c1-14-3-7-17(13-18,8-4-14)16(21)19-9-12-20-10-5-15(2)6-11-20/h14-15H,3-13,18H2,1-2H3,(H,19,21). The van der Waals surface area contributed by atoms with Gasteiger partial charge in [0.25, 0.3) is 0 Å². The maximum absolute atomic E-state index is 12.5. The van der Waals surface area contributed by atoms with E-state index in [0.29, 0.717) is 6.54 Å². The van der Waals surface area contributed by atoms with E-state index in [1.165, 1.54) is 25.9 Å². The number of nitrogens with zero attached hydrogens (tertiary/aromatic N) is 1. The van der Waals surface area contributed by atoms with Gasteiger partial charge in [-0.25, -0.2) is 0 Å². The van der Waals surface area contributed by atoms with Gasteiger partial charge in [0.15, 0.2) is 0 Å². The minimum absolute atomic E-state index is 0.197. The van der Waals surface area contributed by atoms with Crippen LogP contribution in [-0.2, 0) is 4.79 Å². The van der Waals surface area contributed by atoms with Gasteiger partial charge in [0, 0.05) is 19.6 Å². The second-order valence-corrected chi connectivity index (χ2v) is 7.45. The van der Waals surface area contributed by atoms with Gasteiger partial charge in [0.05, 0.1) is 5.41 Å². The summed E-state index contributed by atoms with van der Waals surface area (Å²) < 4.78 is 0. The summed E-state index contributed by atoms with van der Waals surface area (Å²) in [5.74, 6) is 1.80.